The molecule has 0 unspecified atom stereocenters. The van der Waals surface area contributed by atoms with Crippen LogP contribution in [-0.4, -0.2) is 36.9 Å². The predicted octanol–water partition coefficient (Wildman–Crippen LogP) is 1.25. The van der Waals surface area contributed by atoms with Crippen LogP contribution in [-0.2, 0) is 9.53 Å². The Labute approximate surface area is 103 Å². The monoisotopic (exact) mass is 241 g/mol. The van der Waals surface area contributed by atoms with E-state index in [0.717, 1.165) is 25.7 Å². The maximum absolute atomic E-state index is 11.5. The molecule has 2 N–H and O–H groups in total. The lowest BCUT2D eigenvalue weighted by Crippen LogP contribution is -2.35. The lowest BCUT2D eigenvalue weighted by Gasteiger charge is -2.12. The quantitative estimate of drug-likeness (QED) is 0.496. The maximum atomic E-state index is 11.5. The number of amides is 1. The standard InChI is InChI=1S/C13H23NO3/c1-2-3-4-7-17-10-13(16)14-12-6-5-11(8-12)9-15/h5-6,11-12,15H,2-4,7-10H2,1H3,(H,14,16)/t11-,12+/m0/s1. The number of carbonyl (C=O) groups excluding carboxylic acids is 1. The zero-order chi connectivity index (χ0) is 12.5. The van der Waals surface area contributed by atoms with Crippen LogP contribution < -0.4 is 5.32 Å². The number of unbranched alkanes of at least 4 members (excludes halogenated alkanes) is 2. The van der Waals surface area contributed by atoms with Crippen LogP contribution in [0.3, 0.4) is 0 Å². The molecule has 1 rings (SSSR count). The predicted molar refractivity (Wildman–Crippen MR) is 66.6 cm³/mol. The molecule has 17 heavy (non-hydrogen) atoms. The van der Waals surface area contributed by atoms with E-state index in [9.17, 15) is 4.79 Å². The minimum Gasteiger partial charge on any atom is -0.396 e. The molecule has 0 spiro atoms. The highest BCUT2D eigenvalue weighted by molar-refractivity contribution is 5.77. The first-order chi connectivity index (χ1) is 8.26. The lowest BCUT2D eigenvalue weighted by atomic mass is 10.1. The van der Waals surface area contributed by atoms with Gasteiger partial charge in [-0.25, -0.2) is 0 Å². The van der Waals surface area contributed by atoms with E-state index in [2.05, 4.69) is 12.2 Å². The molecule has 0 radical (unpaired) electrons. The van der Waals surface area contributed by atoms with E-state index in [1.54, 1.807) is 0 Å². The normalized spacial score (nSPS) is 22.9. The highest BCUT2D eigenvalue weighted by Crippen LogP contribution is 2.16. The molecule has 1 amide bonds. The van der Waals surface area contributed by atoms with Gasteiger partial charge in [0.15, 0.2) is 0 Å². The van der Waals surface area contributed by atoms with Gasteiger partial charge in [-0.3, -0.25) is 4.79 Å². The highest BCUT2D eigenvalue weighted by atomic mass is 16.5. The molecule has 4 heteroatoms. The van der Waals surface area contributed by atoms with E-state index in [4.69, 9.17) is 9.84 Å². The van der Waals surface area contributed by atoms with Crippen LogP contribution >= 0.6 is 0 Å². The molecule has 0 aromatic heterocycles. The summed E-state index contributed by atoms with van der Waals surface area (Å²) in [7, 11) is 0. The molecule has 0 aliphatic heterocycles. The number of aliphatic hydroxyl groups is 1. The molecule has 0 fully saturated rings. The maximum Gasteiger partial charge on any atom is 0.246 e. The Balaban J connectivity index is 2.04. The Morgan fingerprint density at radius 3 is 2.94 bits per heavy atom. The Kier molecular flexibility index (Phi) is 6.89. The summed E-state index contributed by atoms with van der Waals surface area (Å²) in [6.45, 7) is 3.08. The second-order valence-electron chi connectivity index (χ2n) is 4.50. The summed E-state index contributed by atoms with van der Waals surface area (Å²) in [5, 5.41) is 11.8. The number of aliphatic hydroxyl groups excluding tert-OH is 1. The molecule has 0 aromatic rings. The molecule has 1 aliphatic rings. The average Bonchev–Trinajstić information content (AvgIpc) is 2.76. The van der Waals surface area contributed by atoms with Crippen molar-refractivity contribution in [1.82, 2.24) is 5.32 Å². The van der Waals surface area contributed by atoms with Gasteiger partial charge in [-0.2, -0.15) is 0 Å². The van der Waals surface area contributed by atoms with E-state index in [-0.39, 0.29) is 31.1 Å². The molecule has 0 saturated carbocycles. The minimum atomic E-state index is -0.0743. The van der Waals surface area contributed by atoms with Gasteiger partial charge in [0.2, 0.25) is 5.91 Å². The Morgan fingerprint density at radius 1 is 1.47 bits per heavy atom. The second-order valence-corrected chi connectivity index (χ2v) is 4.50. The van der Waals surface area contributed by atoms with Crippen LogP contribution in [0.25, 0.3) is 0 Å². The van der Waals surface area contributed by atoms with E-state index in [1.807, 2.05) is 12.2 Å². The number of carbonyl (C=O) groups is 1. The van der Waals surface area contributed by atoms with Gasteiger partial charge < -0.3 is 15.2 Å². The number of hydrogen-bond donors (Lipinski definition) is 2. The van der Waals surface area contributed by atoms with Crippen LogP contribution in [0.4, 0.5) is 0 Å². The first-order valence-corrected chi connectivity index (χ1v) is 6.42. The molecule has 2 atom stereocenters. The molecule has 0 saturated heterocycles. The number of rotatable bonds is 8. The van der Waals surface area contributed by atoms with Crippen molar-refractivity contribution in [2.45, 2.75) is 38.6 Å². The summed E-state index contributed by atoms with van der Waals surface area (Å²) in [4.78, 5) is 11.5. The summed E-state index contributed by atoms with van der Waals surface area (Å²) < 4.78 is 5.28. The second kappa shape index (κ2) is 8.25. The first kappa shape index (κ1) is 14.2. The summed E-state index contributed by atoms with van der Waals surface area (Å²) in [5.41, 5.74) is 0. The third kappa shape index (κ3) is 5.84. The average molecular weight is 241 g/mol. The van der Waals surface area contributed by atoms with Gasteiger partial charge in [-0.15, -0.1) is 0 Å². The van der Waals surface area contributed by atoms with Crippen molar-refractivity contribution in [2.75, 3.05) is 19.8 Å². The van der Waals surface area contributed by atoms with Gasteiger partial charge in [0.1, 0.15) is 6.61 Å². The van der Waals surface area contributed by atoms with Crippen LogP contribution in [0, 0.1) is 5.92 Å². The van der Waals surface area contributed by atoms with Crippen LogP contribution in [0.2, 0.25) is 0 Å². The summed E-state index contributed by atoms with van der Waals surface area (Å²) in [6.07, 6.45) is 8.00. The summed E-state index contributed by atoms with van der Waals surface area (Å²) in [5.74, 6) is 0.112. The van der Waals surface area contributed by atoms with Crippen LogP contribution in [0.5, 0.6) is 0 Å². The van der Waals surface area contributed by atoms with Gasteiger partial charge in [0.05, 0.1) is 0 Å². The Morgan fingerprint density at radius 2 is 2.29 bits per heavy atom. The fourth-order valence-corrected chi connectivity index (χ4v) is 1.88. The van der Waals surface area contributed by atoms with Gasteiger partial charge >= 0.3 is 0 Å². The summed E-state index contributed by atoms with van der Waals surface area (Å²) in [6, 6.07) is 0.0545. The molecular formula is C13H23NO3. The third-order valence-electron chi connectivity index (χ3n) is 2.88. The van der Waals surface area contributed by atoms with Gasteiger partial charge in [0, 0.05) is 25.2 Å². The zero-order valence-corrected chi connectivity index (χ0v) is 10.5. The van der Waals surface area contributed by atoms with Gasteiger partial charge in [-0.05, 0) is 12.8 Å². The topological polar surface area (TPSA) is 58.6 Å². The zero-order valence-electron chi connectivity index (χ0n) is 10.5. The fraction of sp³-hybridized carbons (Fsp3) is 0.769. The van der Waals surface area contributed by atoms with Crippen LogP contribution in [0.1, 0.15) is 32.6 Å². The summed E-state index contributed by atoms with van der Waals surface area (Å²) >= 11 is 0. The third-order valence-corrected chi connectivity index (χ3v) is 2.88. The van der Waals surface area contributed by atoms with Crippen LogP contribution in [0.15, 0.2) is 12.2 Å². The van der Waals surface area contributed by atoms with Crippen molar-refractivity contribution in [3.8, 4) is 0 Å². The van der Waals surface area contributed by atoms with Gasteiger partial charge in [-0.1, -0.05) is 31.9 Å². The minimum absolute atomic E-state index is 0.0545. The van der Waals surface area contributed by atoms with Crippen molar-refractivity contribution < 1.29 is 14.6 Å². The highest BCUT2D eigenvalue weighted by Gasteiger charge is 2.19. The molecule has 0 heterocycles. The van der Waals surface area contributed by atoms with Crippen molar-refractivity contribution >= 4 is 5.91 Å². The van der Waals surface area contributed by atoms with Crippen molar-refractivity contribution in [3.05, 3.63) is 12.2 Å². The molecular weight excluding hydrogens is 218 g/mol. The smallest absolute Gasteiger partial charge is 0.246 e. The SMILES string of the molecule is CCCCCOCC(=O)N[C@@H]1C=C[C@H](CO)C1. The Bertz CT molecular complexity index is 253. The van der Waals surface area contributed by atoms with Crippen molar-refractivity contribution in [1.29, 1.82) is 0 Å². The van der Waals surface area contributed by atoms with Crippen molar-refractivity contribution in [2.24, 2.45) is 5.92 Å². The van der Waals surface area contributed by atoms with Crippen molar-refractivity contribution in [3.63, 3.8) is 0 Å². The fourth-order valence-electron chi connectivity index (χ4n) is 1.88. The molecule has 1 aliphatic carbocycles. The number of nitrogens with one attached hydrogen (secondary N) is 1. The molecule has 4 nitrogen and oxygen atoms in total. The van der Waals surface area contributed by atoms with Gasteiger partial charge in [0.25, 0.3) is 0 Å². The Hall–Kier alpha value is -0.870. The lowest BCUT2D eigenvalue weighted by molar-refractivity contribution is -0.126. The number of hydrogen-bond acceptors (Lipinski definition) is 3. The van der Waals surface area contributed by atoms with E-state index in [0.29, 0.717) is 6.61 Å². The molecule has 0 aromatic carbocycles. The largest absolute Gasteiger partial charge is 0.396 e. The van der Waals surface area contributed by atoms with E-state index < -0.39 is 0 Å². The molecule has 98 valence electrons. The van der Waals surface area contributed by atoms with E-state index in [1.165, 1.54) is 0 Å². The number of ether oxygens (including phenoxy) is 1. The first-order valence-electron chi connectivity index (χ1n) is 6.42. The van der Waals surface area contributed by atoms with E-state index >= 15 is 0 Å². The molecule has 0 bridgehead atoms.